The van der Waals surface area contributed by atoms with Gasteiger partial charge >= 0.3 is 0 Å². The van der Waals surface area contributed by atoms with Crippen LogP contribution in [0.2, 0.25) is 10.0 Å². The molecule has 0 spiro atoms. The normalized spacial score (nSPS) is 10.5. The summed E-state index contributed by atoms with van der Waals surface area (Å²) in [6.07, 6.45) is 0. The molecule has 0 amide bonds. The van der Waals surface area contributed by atoms with Crippen LogP contribution >= 0.6 is 23.2 Å². The molecule has 0 bridgehead atoms. The van der Waals surface area contributed by atoms with Crippen LogP contribution in [-0.2, 0) is 0 Å². The minimum absolute atomic E-state index is 0.396. The molecule has 1 aromatic heterocycles. The Kier molecular flexibility index (Phi) is 3.89. The lowest BCUT2D eigenvalue weighted by Crippen LogP contribution is -2.10. The van der Waals surface area contributed by atoms with E-state index in [-0.39, 0.29) is 0 Å². The summed E-state index contributed by atoms with van der Waals surface area (Å²) in [5.41, 5.74) is 6.10. The van der Waals surface area contributed by atoms with Gasteiger partial charge in [-0.15, -0.1) is 0 Å². The Bertz CT molecular complexity index is 514. The molecule has 4 nitrogen and oxygen atoms in total. The van der Waals surface area contributed by atoms with E-state index >= 15 is 0 Å². The number of nitrogens with two attached hydrogens (primary N) is 1. The molecule has 6 heteroatoms. The van der Waals surface area contributed by atoms with E-state index in [1.165, 1.54) is 0 Å². The van der Waals surface area contributed by atoms with Crippen LogP contribution in [0.3, 0.4) is 0 Å². The first-order chi connectivity index (χ1) is 8.20. The number of hydrogen-bond acceptors (Lipinski definition) is 4. The molecule has 2 rings (SSSR count). The minimum atomic E-state index is 0.396. The van der Waals surface area contributed by atoms with Crippen LogP contribution in [-0.4, -0.2) is 18.3 Å². The fourth-order valence-corrected chi connectivity index (χ4v) is 1.57. The lowest BCUT2D eigenvalue weighted by atomic mass is 10.2. The highest BCUT2D eigenvalue weighted by Crippen LogP contribution is 2.29. The zero-order valence-corrected chi connectivity index (χ0v) is 10.3. The Morgan fingerprint density at radius 1 is 1.24 bits per heavy atom. The smallest absolute Gasteiger partial charge is 0.254 e. The van der Waals surface area contributed by atoms with Gasteiger partial charge in [-0.25, -0.2) is 0 Å². The molecule has 0 atom stereocenters. The van der Waals surface area contributed by atoms with Crippen LogP contribution in [0.5, 0.6) is 5.88 Å². The van der Waals surface area contributed by atoms with Crippen molar-refractivity contribution in [2.24, 2.45) is 5.73 Å². The Morgan fingerprint density at radius 2 is 2.06 bits per heavy atom. The fraction of sp³-hybridized carbons (Fsp3) is 0.182. The van der Waals surface area contributed by atoms with Crippen LogP contribution in [0, 0.1) is 0 Å². The van der Waals surface area contributed by atoms with Crippen molar-refractivity contribution in [1.29, 1.82) is 0 Å². The molecule has 2 N–H and O–H groups in total. The largest absolute Gasteiger partial charge is 0.474 e. The van der Waals surface area contributed by atoms with E-state index in [4.69, 9.17) is 38.2 Å². The highest BCUT2D eigenvalue weighted by atomic mass is 35.5. The van der Waals surface area contributed by atoms with Gasteiger partial charge in [0.25, 0.3) is 5.88 Å². The maximum atomic E-state index is 5.91. The lowest BCUT2D eigenvalue weighted by molar-refractivity contribution is 0.288. The van der Waals surface area contributed by atoms with E-state index in [0.717, 1.165) is 5.56 Å². The van der Waals surface area contributed by atoms with Crippen molar-refractivity contribution in [2.45, 2.75) is 0 Å². The molecule has 2 aromatic rings. The van der Waals surface area contributed by atoms with E-state index < -0.39 is 0 Å². The molecule has 0 aliphatic heterocycles. The van der Waals surface area contributed by atoms with Crippen LogP contribution in [0.15, 0.2) is 28.8 Å². The lowest BCUT2D eigenvalue weighted by Gasteiger charge is -1.98. The molecule has 0 aliphatic carbocycles. The van der Waals surface area contributed by atoms with Crippen molar-refractivity contribution in [3.8, 4) is 17.2 Å². The number of halogens is 2. The van der Waals surface area contributed by atoms with Gasteiger partial charge in [0.15, 0.2) is 5.76 Å². The third-order valence-corrected chi connectivity index (χ3v) is 2.80. The van der Waals surface area contributed by atoms with Crippen molar-refractivity contribution in [3.05, 3.63) is 34.3 Å². The highest BCUT2D eigenvalue weighted by molar-refractivity contribution is 6.42. The molecule has 0 aliphatic rings. The number of rotatable bonds is 4. The second-order valence-corrected chi connectivity index (χ2v) is 4.11. The average Bonchev–Trinajstić information content (AvgIpc) is 2.79. The van der Waals surface area contributed by atoms with Crippen molar-refractivity contribution in [3.63, 3.8) is 0 Å². The molecule has 1 heterocycles. The summed E-state index contributed by atoms with van der Waals surface area (Å²) in [5, 5.41) is 4.71. The second-order valence-electron chi connectivity index (χ2n) is 3.30. The SMILES string of the molecule is NCCOc1cc(-c2ccc(Cl)c(Cl)c2)on1. The molecule has 0 unspecified atom stereocenters. The topological polar surface area (TPSA) is 61.3 Å². The van der Waals surface area contributed by atoms with Crippen molar-refractivity contribution >= 4 is 23.2 Å². The summed E-state index contributed by atoms with van der Waals surface area (Å²) >= 11 is 11.7. The molecule has 0 radical (unpaired) electrons. The van der Waals surface area contributed by atoms with E-state index in [1.54, 1.807) is 24.3 Å². The quantitative estimate of drug-likeness (QED) is 0.930. The first-order valence-electron chi connectivity index (χ1n) is 4.95. The van der Waals surface area contributed by atoms with E-state index in [0.29, 0.717) is 34.8 Å². The monoisotopic (exact) mass is 272 g/mol. The number of nitrogens with zero attached hydrogens (tertiary/aromatic N) is 1. The Morgan fingerprint density at radius 3 is 2.76 bits per heavy atom. The first-order valence-corrected chi connectivity index (χ1v) is 5.71. The summed E-state index contributed by atoms with van der Waals surface area (Å²) in [7, 11) is 0. The van der Waals surface area contributed by atoms with Gasteiger partial charge in [-0.05, 0) is 23.4 Å². The number of hydrogen-bond donors (Lipinski definition) is 1. The van der Waals surface area contributed by atoms with Crippen LogP contribution in [0.4, 0.5) is 0 Å². The minimum Gasteiger partial charge on any atom is -0.474 e. The number of ether oxygens (including phenoxy) is 1. The summed E-state index contributed by atoms with van der Waals surface area (Å²) in [6, 6.07) is 6.87. The third kappa shape index (κ3) is 2.91. The summed E-state index contributed by atoms with van der Waals surface area (Å²) in [4.78, 5) is 0. The maximum absolute atomic E-state index is 5.91. The highest BCUT2D eigenvalue weighted by Gasteiger charge is 2.09. The summed E-state index contributed by atoms with van der Waals surface area (Å²) in [6.45, 7) is 0.822. The Hall–Kier alpha value is -1.23. The summed E-state index contributed by atoms with van der Waals surface area (Å²) in [5.74, 6) is 0.965. The van der Waals surface area contributed by atoms with Crippen molar-refractivity contribution in [1.82, 2.24) is 5.16 Å². The molecule has 0 saturated heterocycles. The molecular weight excluding hydrogens is 263 g/mol. The molecular formula is C11H10Cl2N2O2. The number of benzene rings is 1. The molecule has 0 saturated carbocycles. The Balaban J connectivity index is 2.21. The van der Waals surface area contributed by atoms with Crippen molar-refractivity contribution in [2.75, 3.05) is 13.2 Å². The van der Waals surface area contributed by atoms with Gasteiger partial charge in [-0.3, -0.25) is 0 Å². The first kappa shape index (κ1) is 12.2. The standard InChI is InChI=1S/C11H10Cl2N2O2/c12-8-2-1-7(5-9(8)13)10-6-11(15-17-10)16-4-3-14/h1-2,5-6H,3-4,14H2. The van der Waals surface area contributed by atoms with E-state index in [1.807, 2.05) is 0 Å². The van der Waals surface area contributed by atoms with Gasteiger partial charge in [0, 0.05) is 18.2 Å². The van der Waals surface area contributed by atoms with E-state index in [9.17, 15) is 0 Å². The van der Waals surface area contributed by atoms with Gasteiger partial charge in [-0.1, -0.05) is 23.2 Å². The fourth-order valence-electron chi connectivity index (χ4n) is 1.28. The van der Waals surface area contributed by atoms with Gasteiger partial charge in [0.05, 0.1) is 10.0 Å². The zero-order valence-electron chi connectivity index (χ0n) is 8.82. The molecule has 90 valence electrons. The predicted molar refractivity (Wildman–Crippen MR) is 66.5 cm³/mol. The molecule has 17 heavy (non-hydrogen) atoms. The molecule has 0 fully saturated rings. The molecule has 1 aromatic carbocycles. The third-order valence-electron chi connectivity index (χ3n) is 2.06. The van der Waals surface area contributed by atoms with Gasteiger partial charge < -0.3 is 15.0 Å². The van der Waals surface area contributed by atoms with Gasteiger partial charge in [-0.2, -0.15) is 0 Å². The van der Waals surface area contributed by atoms with Crippen molar-refractivity contribution < 1.29 is 9.26 Å². The van der Waals surface area contributed by atoms with Crippen LogP contribution in [0.25, 0.3) is 11.3 Å². The van der Waals surface area contributed by atoms with Crippen LogP contribution in [0.1, 0.15) is 0 Å². The van der Waals surface area contributed by atoms with Gasteiger partial charge in [0.1, 0.15) is 6.61 Å². The van der Waals surface area contributed by atoms with E-state index in [2.05, 4.69) is 5.16 Å². The predicted octanol–water partition coefficient (Wildman–Crippen LogP) is 2.99. The average molecular weight is 273 g/mol. The maximum Gasteiger partial charge on any atom is 0.254 e. The second kappa shape index (κ2) is 5.40. The van der Waals surface area contributed by atoms with Gasteiger partial charge in [0.2, 0.25) is 0 Å². The zero-order chi connectivity index (χ0) is 12.3. The number of aromatic nitrogens is 1. The Labute approximate surface area is 108 Å². The van der Waals surface area contributed by atoms with Crippen LogP contribution < -0.4 is 10.5 Å². The summed E-state index contributed by atoms with van der Waals surface area (Å²) < 4.78 is 10.3.